The van der Waals surface area contributed by atoms with E-state index in [4.69, 9.17) is 0 Å². The molecule has 4 rings (SSSR count). The number of nitrogens with one attached hydrogen (secondary N) is 1. The Morgan fingerprint density at radius 3 is 2.33 bits per heavy atom. The van der Waals surface area contributed by atoms with E-state index in [0.29, 0.717) is 44.2 Å². The van der Waals surface area contributed by atoms with Gasteiger partial charge in [0.25, 0.3) is 0 Å². The number of anilines is 1. The van der Waals surface area contributed by atoms with Crippen molar-refractivity contribution in [3.8, 4) is 0 Å². The average Bonchev–Trinajstić information content (AvgIpc) is 3.32. The number of carbonyl (C=O) groups excluding carboxylic acids is 2. The first-order valence-electron chi connectivity index (χ1n) is 12.5. The molecule has 190 valence electrons. The van der Waals surface area contributed by atoms with Gasteiger partial charge in [-0.25, -0.2) is 0 Å². The zero-order valence-corrected chi connectivity index (χ0v) is 20.2. The smallest absolute Gasteiger partial charge is 0.323 e. The van der Waals surface area contributed by atoms with Crippen molar-refractivity contribution >= 4 is 29.4 Å². The number of amides is 2. The van der Waals surface area contributed by atoms with Gasteiger partial charge in [0.15, 0.2) is 0 Å². The van der Waals surface area contributed by atoms with Gasteiger partial charge in [-0.05, 0) is 55.7 Å². The van der Waals surface area contributed by atoms with Gasteiger partial charge >= 0.3 is 11.9 Å². The maximum absolute atomic E-state index is 13.8. The maximum atomic E-state index is 13.8. The normalized spacial score (nSPS) is 19.7. The van der Waals surface area contributed by atoms with E-state index in [0.717, 1.165) is 24.0 Å². The van der Waals surface area contributed by atoms with Crippen molar-refractivity contribution in [1.29, 1.82) is 0 Å². The van der Waals surface area contributed by atoms with Crippen molar-refractivity contribution in [2.45, 2.75) is 57.4 Å². The molecule has 3 N–H and O–H groups in total. The molecular formula is C28H32N2O6. The monoisotopic (exact) mass is 492 g/mol. The van der Waals surface area contributed by atoms with E-state index in [1.165, 1.54) is 4.90 Å². The first-order chi connectivity index (χ1) is 17.3. The second-order valence-electron chi connectivity index (χ2n) is 9.79. The zero-order chi connectivity index (χ0) is 25.7. The van der Waals surface area contributed by atoms with E-state index in [2.05, 4.69) is 5.32 Å². The lowest BCUT2D eigenvalue weighted by molar-refractivity contribution is -0.154. The summed E-state index contributed by atoms with van der Waals surface area (Å²) in [6, 6.07) is 15.8. The van der Waals surface area contributed by atoms with Crippen LogP contribution in [-0.4, -0.2) is 46.6 Å². The summed E-state index contributed by atoms with van der Waals surface area (Å²) < 4.78 is 0. The minimum Gasteiger partial charge on any atom is -0.481 e. The van der Waals surface area contributed by atoms with E-state index in [1.807, 2.05) is 42.5 Å². The van der Waals surface area contributed by atoms with Crippen LogP contribution in [0, 0.1) is 11.3 Å². The van der Waals surface area contributed by atoms with Crippen molar-refractivity contribution in [3.05, 3.63) is 65.7 Å². The molecule has 8 heteroatoms. The van der Waals surface area contributed by atoms with Crippen LogP contribution in [0.4, 0.5) is 5.69 Å². The Hall–Kier alpha value is -3.68. The summed E-state index contributed by atoms with van der Waals surface area (Å²) in [6.45, 7) is -0.512. The van der Waals surface area contributed by atoms with E-state index in [1.54, 1.807) is 12.1 Å². The molecule has 0 spiro atoms. The van der Waals surface area contributed by atoms with Gasteiger partial charge in [0, 0.05) is 5.69 Å². The largest absolute Gasteiger partial charge is 0.481 e. The highest BCUT2D eigenvalue weighted by atomic mass is 16.4. The fourth-order valence-corrected chi connectivity index (χ4v) is 5.78. The summed E-state index contributed by atoms with van der Waals surface area (Å²) in [7, 11) is 0. The van der Waals surface area contributed by atoms with Crippen LogP contribution in [0.2, 0.25) is 0 Å². The Bertz CT molecular complexity index is 1130. The summed E-state index contributed by atoms with van der Waals surface area (Å²) in [5.74, 6) is -3.94. The SMILES string of the molecule is O=C(O)CN1C(=O)[C@@H](NC(=O)C2([C@H](CCc3ccccc3)C(=O)O)CCCC2)CCc2ccccc21. The molecule has 1 fully saturated rings. The van der Waals surface area contributed by atoms with E-state index in [9.17, 15) is 29.4 Å². The number of aryl methyl sites for hydroxylation is 2. The third-order valence-electron chi connectivity index (χ3n) is 7.63. The standard InChI is InChI=1S/C28H32N2O6/c31-24(32)18-30-23-11-5-4-10-20(23)13-15-22(25(30)33)29-27(36)28(16-6-7-17-28)21(26(34)35)14-12-19-8-2-1-3-9-19/h1-5,8-11,21-22H,6-7,12-18H2,(H,29,36)(H,31,32)(H,34,35)/t21-,22+/m1/s1. The number of carboxylic acids is 2. The van der Waals surface area contributed by atoms with Crippen molar-refractivity contribution in [3.63, 3.8) is 0 Å². The number of carboxylic acid groups (broad SMARTS) is 2. The first-order valence-corrected chi connectivity index (χ1v) is 12.5. The number of benzene rings is 2. The molecule has 1 aliphatic heterocycles. The van der Waals surface area contributed by atoms with Gasteiger partial charge in [0.05, 0.1) is 11.3 Å². The molecule has 0 aromatic heterocycles. The number of para-hydroxylation sites is 1. The van der Waals surface area contributed by atoms with Crippen molar-refractivity contribution < 1.29 is 29.4 Å². The van der Waals surface area contributed by atoms with Crippen molar-refractivity contribution in [1.82, 2.24) is 5.32 Å². The molecule has 8 nitrogen and oxygen atoms in total. The van der Waals surface area contributed by atoms with Gasteiger partial charge in [-0.3, -0.25) is 24.1 Å². The Labute approximate surface area is 210 Å². The van der Waals surface area contributed by atoms with Crippen LogP contribution in [0.25, 0.3) is 0 Å². The summed E-state index contributed by atoms with van der Waals surface area (Å²) in [5, 5.41) is 22.5. The molecule has 2 amide bonds. The number of aliphatic carboxylic acids is 2. The van der Waals surface area contributed by atoms with Crippen LogP contribution in [0.5, 0.6) is 0 Å². The highest BCUT2D eigenvalue weighted by Crippen LogP contribution is 2.47. The lowest BCUT2D eigenvalue weighted by Crippen LogP contribution is -2.55. The van der Waals surface area contributed by atoms with Gasteiger partial charge in [-0.15, -0.1) is 0 Å². The molecule has 2 aromatic carbocycles. The molecule has 36 heavy (non-hydrogen) atoms. The lowest BCUT2D eigenvalue weighted by atomic mass is 9.70. The van der Waals surface area contributed by atoms with E-state index < -0.39 is 47.7 Å². The van der Waals surface area contributed by atoms with Crippen molar-refractivity contribution in [2.24, 2.45) is 11.3 Å². The molecule has 0 unspecified atom stereocenters. The molecule has 2 aliphatic rings. The first kappa shape index (κ1) is 25.4. The maximum Gasteiger partial charge on any atom is 0.323 e. The number of hydrogen-bond acceptors (Lipinski definition) is 4. The second kappa shape index (κ2) is 10.9. The highest BCUT2D eigenvalue weighted by molar-refractivity contribution is 6.03. The number of hydrogen-bond donors (Lipinski definition) is 3. The van der Waals surface area contributed by atoms with E-state index in [-0.39, 0.29) is 0 Å². The molecule has 0 radical (unpaired) electrons. The van der Waals surface area contributed by atoms with Crippen LogP contribution in [0.15, 0.2) is 54.6 Å². The predicted octanol–water partition coefficient (Wildman–Crippen LogP) is 3.43. The molecule has 1 saturated carbocycles. The minimum atomic E-state index is -1.15. The molecule has 0 bridgehead atoms. The summed E-state index contributed by atoms with van der Waals surface area (Å²) in [4.78, 5) is 52.4. The Kier molecular flexibility index (Phi) is 7.72. The number of fused-ring (bicyclic) bond motifs is 1. The zero-order valence-electron chi connectivity index (χ0n) is 20.2. The van der Waals surface area contributed by atoms with Crippen LogP contribution in [-0.2, 0) is 32.0 Å². The number of carbonyl (C=O) groups is 4. The Morgan fingerprint density at radius 1 is 1.00 bits per heavy atom. The highest BCUT2D eigenvalue weighted by Gasteiger charge is 2.51. The van der Waals surface area contributed by atoms with Crippen LogP contribution in [0.3, 0.4) is 0 Å². The Morgan fingerprint density at radius 2 is 1.67 bits per heavy atom. The average molecular weight is 493 g/mol. The fraction of sp³-hybridized carbons (Fsp3) is 0.429. The molecule has 1 aliphatic carbocycles. The number of nitrogens with zero attached hydrogens (tertiary/aromatic N) is 1. The predicted molar refractivity (Wildman–Crippen MR) is 133 cm³/mol. The van der Waals surface area contributed by atoms with Gasteiger partial charge in [0.1, 0.15) is 12.6 Å². The fourth-order valence-electron chi connectivity index (χ4n) is 5.78. The van der Waals surface area contributed by atoms with E-state index >= 15 is 0 Å². The molecule has 2 aromatic rings. The third-order valence-corrected chi connectivity index (χ3v) is 7.63. The van der Waals surface area contributed by atoms with Crippen LogP contribution < -0.4 is 10.2 Å². The topological polar surface area (TPSA) is 124 Å². The summed E-state index contributed by atoms with van der Waals surface area (Å²) >= 11 is 0. The number of rotatable bonds is 9. The van der Waals surface area contributed by atoms with Gasteiger partial charge < -0.3 is 15.5 Å². The summed E-state index contributed by atoms with van der Waals surface area (Å²) in [5.41, 5.74) is 1.28. The minimum absolute atomic E-state index is 0.315. The van der Waals surface area contributed by atoms with Crippen molar-refractivity contribution in [2.75, 3.05) is 11.4 Å². The quantitative estimate of drug-likeness (QED) is 0.493. The van der Waals surface area contributed by atoms with Crippen LogP contribution >= 0.6 is 0 Å². The molecule has 0 saturated heterocycles. The van der Waals surface area contributed by atoms with Crippen LogP contribution in [0.1, 0.15) is 49.7 Å². The van der Waals surface area contributed by atoms with Gasteiger partial charge in [0.2, 0.25) is 11.8 Å². The van der Waals surface area contributed by atoms with Gasteiger partial charge in [-0.2, -0.15) is 0 Å². The lowest BCUT2D eigenvalue weighted by Gasteiger charge is -2.35. The molecule has 1 heterocycles. The molecule has 2 atom stereocenters. The Balaban J connectivity index is 1.57. The summed E-state index contributed by atoms with van der Waals surface area (Å²) in [6.07, 6.45) is 4.06. The third kappa shape index (κ3) is 5.27. The second-order valence-corrected chi connectivity index (χ2v) is 9.79. The molecular weight excluding hydrogens is 460 g/mol. The van der Waals surface area contributed by atoms with Gasteiger partial charge in [-0.1, -0.05) is 61.4 Å².